The van der Waals surface area contributed by atoms with E-state index in [4.69, 9.17) is 11.5 Å². The molecular formula is C19H18N2O2. The van der Waals surface area contributed by atoms with Gasteiger partial charge in [0.2, 0.25) is 0 Å². The largest absolute Gasteiger partial charge is 0.508 e. The number of hydrogen-bond acceptors (Lipinski definition) is 4. The first kappa shape index (κ1) is 14.9. The minimum atomic E-state index is -1.37. The van der Waals surface area contributed by atoms with Crippen molar-refractivity contribution in [1.29, 1.82) is 0 Å². The lowest BCUT2D eigenvalue weighted by atomic mass is 9.80. The molecule has 0 spiro atoms. The van der Waals surface area contributed by atoms with Crippen LogP contribution in [0.2, 0.25) is 0 Å². The van der Waals surface area contributed by atoms with Crippen molar-refractivity contribution in [1.82, 2.24) is 0 Å². The van der Waals surface area contributed by atoms with E-state index in [1.807, 2.05) is 0 Å². The maximum Gasteiger partial charge on any atom is 0.140 e. The quantitative estimate of drug-likeness (QED) is 0.442. The van der Waals surface area contributed by atoms with Crippen LogP contribution in [0.3, 0.4) is 0 Å². The number of anilines is 2. The lowest BCUT2D eigenvalue weighted by molar-refractivity contribution is 0.125. The highest BCUT2D eigenvalue weighted by Crippen LogP contribution is 2.37. The molecule has 0 aromatic heterocycles. The van der Waals surface area contributed by atoms with E-state index in [0.29, 0.717) is 28.1 Å². The molecule has 4 nitrogen and oxygen atoms in total. The molecule has 0 radical (unpaired) electrons. The van der Waals surface area contributed by atoms with E-state index in [1.54, 1.807) is 72.8 Å². The summed E-state index contributed by atoms with van der Waals surface area (Å²) in [5, 5.41) is 21.1. The Hall–Kier alpha value is -2.98. The molecular weight excluding hydrogens is 288 g/mol. The van der Waals surface area contributed by atoms with Crippen molar-refractivity contribution < 1.29 is 10.2 Å². The average molecular weight is 306 g/mol. The smallest absolute Gasteiger partial charge is 0.140 e. The predicted octanol–water partition coefficient (Wildman–Crippen LogP) is 2.84. The van der Waals surface area contributed by atoms with Crippen molar-refractivity contribution in [3.63, 3.8) is 0 Å². The second kappa shape index (κ2) is 5.66. The van der Waals surface area contributed by atoms with Crippen LogP contribution in [0.5, 0.6) is 5.75 Å². The summed E-state index contributed by atoms with van der Waals surface area (Å²) in [5.74, 6) is 0.144. The summed E-state index contributed by atoms with van der Waals surface area (Å²) in [6, 6.07) is 20.6. The maximum absolute atomic E-state index is 11.5. The van der Waals surface area contributed by atoms with Gasteiger partial charge in [0.15, 0.2) is 0 Å². The molecule has 0 atom stereocenters. The number of phenolic OH excluding ortho intramolecular Hbond substituents is 1. The number of nitrogens with two attached hydrogens (primary N) is 2. The number of aromatic hydroxyl groups is 1. The first-order chi connectivity index (χ1) is 11.0. The zero-order valence-electron chi connectivity index (χ0n) is 12.5. The van der Waals surface area contributed by atoms with Crippen LogP contribution in [0.1, 0.15) is 16.7 Å². The first-order valence-electron chi connectivity index (χ1n) is 7.24. The molecule has 0 saturated carbocycles. The van der Waals surface area contributed by atoms with E-state index in [1.165, 1.54) is 0 Å². The Morgan fingerprint density at radius 2 is 0.870 bits per heavy atom. The predicted molar refractivity (Wildman–Crippen MR) is 91.9 cm³/mol. The summed E-state index contributed by atoms with van der Waals surface area (Å²) < 4.78 is 0. The second-order valence-corrected chi connectivity index (χ2v) is 5.50. The Balaban J connectivity index is 2.21. The van der Waals surface area contributed by atoms with E-state index in [-0.39, 0.29) is 5.75 Å². The third kappa shape index (κ3) is 2.72. The Labute approximate surface area is 134 Å². The van der Waals surface area contributed by atoms with E-state index in [2.05, 4.69) is 0 Å². The number of rotatable bonds is 3. The number of phenols is 1. The number of hydrogen-bond donors (Lipinski definition) is 4. The molecule has 0 unspecified atom stereocenters. The van der Waals surface area contributed by atoms with Crippen LogP contribution >= 0.6 is 0 Å². The summed E-state index contributed by atoms with van der Waals surface area (Å²) in [6.07, 6.45) is 0. The molecule has 0 fully saturated rings. The van der Waals surface area contributed by atoms with Gasteiger partial charge >= 0.3 is 0 Å². The molecule has 4 heteroatoms. The van der Waals surface area contributed by atoms with Crippen molar-refractivity contribution in [3.8, 4) is 5.75 Å². The monoisotopic (exact) mass is 306 g/mol. The molecule has 0 saturated heterocycles. The fourth-order valence-electron chi connectivity index (χ4n) is 2.65. The van der Waals surface area contributed by atoms with Crippen LogP contribution in [0.15, 0.2) is 72.8 Å². The molecule has 23 heavy (non-hydrogen) atoms. The van der Waals surface area contributed by atoms with Crippen LogP contribution in [-0.2, 0) is 5.60 Å². The van der Waals surface area contributed by atoms with Crippen molar-refractivity contribution in [2.45, 2.75) is 5.60 Å². The summed E-state index contributed by atoms with van der Waals surface area (Å²) in [6.45, 7) is 0. The van der Waals surface area contributed by atoms with Gasteiger partial charge < -0.3 is 21.7 Å². The molecule has 0 heterocycles. The minimum absolute atomic E-state index is 0.144. The van der Waals surface area contributed by atoms with Crippen molar-refractivity contribution in [3.05, 3.63) is 89.5 Å². The Morgan fingerprint density at radius 3 is 1.22 bits per heavy atom. The molecule has 0 bridgehead atoms. The maximum atomic E-state index is 11.5. The van der Waals surface area contributed by atoms with Gasteiger partial charge in [0, 0.05) is 11.4 Å². The lowest BCUT2D eigenvalue weighted by Gasteiger charge is -2.30. The van der Waals surface area contributed by atoms with Gasteiger partial charge in [0.25, 0.3) is 0 Å². The molecule has 3 rings (SSSR count). The van der Waals surface area contributed by atoms with Crippen LogP contribution in [0.4, 0.5) is 11.4 Å². The van der Waals surface area contributed by atoms with Gasteiger partial charge in [-0.25, -0.2) is 0 Å². The van der Waals surface area contributed by atoms with Crippen LogP contribution in [-0.4, -0.2) is 10.2 Å². The summed E-state index contributed by atoms with van der Waals surface area (Å²) in [7, 11) is 0. The fourth-order valence-corrected chi connectivity index (χ4v) is 2.65. The average Bonchev–Trinajstić information content (AvgIpc) is 2.56. The first-order valence-corrected chi connectivity index (χ1v) is 7.24. The normalized spacial score (nSPS) is 11.3. The number of aliphatic hydroxyl groups is 1. The highest BCUT2D eigenvalue weighted by molar-refractivity contribution is 5.53. The zero-order valence-corrected chi connectivity index (χ0v) is 12.5. The molecule has 6 N–H and O–H groups in total. The molecule has 0 amide bonds. The molecule has 0 aliphatic heterocycles. The number of nitrogen functional groups attached to an aromatic ring is 2. The van der Waals surface area contributed by atoms with Crippen molar-refractivity contribution in [2.24, 2.45) is 0 Å². The Kier molecular flexibility index (Phi) is 3.68. The second-order valence-electron chi connectivity index (χ2n) is 5.50. The van der Waals surface area contributed by atoms with Gasteiger partial charge in [-0.1, -0.05) is 36.4 Å². The summed E-state index contributed by atoms with van der Waals surface area (Å²) in [4.78, 5) is 0. The SMILES string of the molecule is Nc1ccc(C(O)(c2ccc(N)cc2)c2ccc(O)cc2)cc1. The Bertz CT molecular complexity index is 683. The van der Waals surface area contributed by atoms with Crippen LogP contribution in [0, 0.1) is 0 Å². The fraction of sp³-hybridized carbons (Fsp3) is 0.0526. The Morgan fingerprint density at radius 1 is 0.565 bits per heavy atom. The van der Waals surface area contributed by atoms with Gasteiger partial charge in [-0.2, -0.15) is 0 Å². The standard InChI is InChI=1S/C19H18N2O2/c20-16-7-1-13(2-8-16)19(23,14-3-9-17(21)10-4-14)15-5-11-18(22)12-6-15/h1-12,22-23H,20-21H2. The highest BCUT2D eigenvalue weighted by atomic mass is 16.3. The summed E-state index contributed by atoms with van der Waals surface area (Å²) >= 11 is 0. The van der Waals surface area contributed by atoms with E-state index < -0.39 is 5.60 Å². The van der Waals surface area contributed by atoms with Crippen molar-refractivity contribution >= 4 is 11.4 Å². The van der Waals surface area contributed by atoms with Gasteiger partial charge in [-0.05, 0) is 53.1 Å². The zero-order chi connectivity index (χ0) is 16.4. The van der Waals surface area contributed by atoms with E-state index in [9.17, 15) is 10.2 Å². The highest BCUT2D eigenvalue weighted by Gasteiger charge is 2.33. The van der Waals surface area contributed by atoms with Crippen molar-refractivity contribution in [2.75, 3.05) is 11.5 Å². The molecule has 0 aliphatic rings. The van der Waals surface area contributed by atoms with Crippen LogP contribution in [0.25, 0.3) is 0 Å². The minimum Gasteiger partial charge on any atom is -0.508 e. The molecule has 3 aromatic carbocycles. The van der Waals surface area contributed by atoms with E-state index in [0.717, 1.165) is 0 Å². The lowest BCUT2D eigenvalue weighted by Crippen LogP contribution is -2.28. The molecule has 0 aliphatic carbocycles. The molecule has 3 aromatic rings. The topological polar surface area (TPSA) is 92.5 Å². The van der Waals surface area contributed by atoms with Gasteiger partial charge in [0.05, 0.1) is 0 Å². The summed E-state index contributed by atoms with van der Waals surface area (Å²) in [5.41, 5.74) is 13.4. The van der Waals surface area contributed by atoms with Crippen LogP contribution < -0.4 is 11.5 Å². The van der Waals surface area contributed by atoms with E-state index >= 15 is 0 Å². The van der Waals surface area contributed by atoms with Gasteiger partial charge in [0.1, 0.15) is 11.4 Å². The third-order valence-corrected chi connectivity index (χ3v) is 3.94. The third-order valence-electron chi connectivity index (χ3n) is 3.94. The molecule has 116 valence electrons. The van der Waals surface area contributed by atoms with Gasteiger partial charge in [-0.3, -0.25) is 0 Å². The number of benzene rings is 3. The van der Waals surface area contributed by atoms with Gasteiger partial charge in [-0.15, -0.1) is 0 Å².